The molecule has 0 atom stereocenters. The van der Waals surface area contributed by atoms with Gasteiger partial charge in [-0.15, -0.1) is 0 Å². The zero-order chi connectivity index (χ0) is 20.7. The Morgan fingerprint density at radius 3 is 2.83 bits per heavy atom. The van der Waals surface area contributed by atoms with Crippen LogP contribution in [0.25, 0.3) is 16.6 Å². The largest absolute Gasteiger partial charge is 0.396 e. The number of H-pyrrole nitrogens is 1. The highest BCUT2D eigenvalue weighted by Crippen LogP contribution is 2.37. The summed E-state index contributed by atoms with van der Waals surface area (Å²) in [5.41, 5.74) is 10.8. The van der Waals surface area contributed by atoms with Crippen LogP contribution in [-0.2, 0) is 0 Å². The van der Waals surface area contributed by atoms with E-state index in [9.17, 15) is 4.79 Å². The smallest absolute Gasteiger partial charge is 0.249 e. The van der Waals surface area contributed by atoms with Crippen LogP contribution in [0.5, 0.6) is 0 Å². The lowest BCUT2D eigenvalue weighted by molar-refractivity contribution is 0.338. The molecule has 0 amide bonds. The van der Waals surface area contributed by atoms with E-state index >= 15 is 0 Å². The monoisotopic (exact) mass is 421 g/mol. The Hall–Kier alpha value is -3.04. The van der Waals surface area contributed by atoms with Crippen LogP contribution in [0, 0.1) is 6.92 Å². The molecule has 1 aliphatic rings. The second kappa shape index (κ2) is 7.66. The maximum Gasteiger partial charge on any atom is 0.249 e. The van der Waals surface area contributed by atoms with Crippen LogP contribution >= 0.6 is 11.8 Å². The number of hydrogen-bond acceptors (Lipinski definition) is 6. The Balaban J connectivity index is 1.59. The van der Waals surface area contributed by atoms with E-state index in [0.29, 0.717) is 11.7 Å². The number of hydrogen-bond donors (Lipinski definition) is 3. The van der Waals surface area contributed by atoms with Crippen molar-refractivity contribution in [2.24, 2.45) is 0 Å². The molecular formula is C21H23N7OS. The number of nitrogens with one attached hydrogen (secondary N) is 2. The summed E-state index contributed by atoms with van der Waals surface area (Å²) in [6.45, 7) is 4.17. The highest BCUT2D eigenvalue weighted by atomic mass is 32.2. The molecule has 4 N–H and O–H groups in total. The average molecular weight is 422 g/mol. The first kappa shape index (κ1) is 19.0. The fourth-order valence-corrected chi connectivity index (χ4v) is 5.12. The molecule has 9 heteroatoms. The van der Waals surface area contributed by atoms with E-state index in [1.165, 1.54) is 11.8 Å². The maximum atomic E-state index is 11.7. The summed E-state index contributed by atoms with van der Waals surface area (Å²) in [7, 11) is 0. The minimum absolute atomic E-state index is 0.132. The Morgan fingerprint density at radius 1 is 1.20 bits per heavy atom. The van der Waals surface area contributed by atoms with Crippen LogP contribution in [0.4, 0.5) is 5.69 Å². The number of anilines is 1. The molecule has 0 bridgehead atoms. The number of fused-ring (bicyclic) bond motifs is 1. The fourth-order valence-electron chi connectivity index (χ4n) is 4.07. The molecule has 30 heavy (non-hydrogen) atoms. The Morgan fingerprint density at radius 2 is 2.03 bits per heavy atom. The summed E-state index contributed by atoms with van der Waals surface area (Å²) in [6, 6.07) is 5.99. The summed E-state index contributed by atoms with van der Waals surface area (Å²) in [5.74, 6) is 0. The van der Waals surface area contributed by atoms with E-state index in [1.807, 2.05) is 23.0 Å². The van der Waals surface area contributed by atoms with Crippen LogP contribution in [0.1, 0.15) is 24.6 Å². The van der Waals surface area contributed by atoms with Crippen LogP contribution < -0.4 is 16.6 Å². The summed E-state index contributed by atoms with van der Waals surface area (Å²) in [5, 5.41) is 12.5. The van der Waals surface area contributed by atoms with Gasteiger partial charge in [0, 0.05) is 45.1 Å². The van der Waals surface area contributed by atoms with E-state index < -0.39 is 0 Å². The van der Waals surface area contributed by atoms with Crippen molar-refractivity contribution in [3.63, 3.8) is 0 Å². The molecular weight excluding hydrogens is 398 g/mol. The van der Waals surface area contributed by atoms with E-state index in [4.69, 9.17) is 10.8 Å². The van der Waals surface area contributed by atoms with E-state index in [0.717, 1.165) is 58.1 Å². The molecule has 4 aromatic heterocycles. The van der Waals surface area contributed by atoms with Crippen molar-refractivity contribution in [3.05, 3.63) is 59.0 Å². The highest BCUT2D eigenvalue weighted by molar-refractivity contribution is 7.99. The lowest BCUT2D eigenvalue weighted by Crippen LogP contribution is -2.30. The molecule has 1 fully saturated rings. The molecule has 0 unspecified atom stereocenters. The van der Waals surface area contributed by atoms with Crippen molar-refractivity contribution in [2.45, 2.75) is 35.6 Å². The van der Waals surface area contributed by atoms with E-state index in [-0.39, 0.29) is 5.56 Å². The first-order chi connectivity index (χ1) is 14.6. The van der Waals surface area contributed by atoms with Gasteiger partial charge in [0.15, 0.2) is 0 Å². The molecule has 0 spiro atoms. The van der Waals surface area contributed by atoms with Crippen molar-refractivity contribution < 1.29 is 0 Å². The lowest BCUT2D eigenvalue weighted by atomic mass is 10.1. The highest BCUT2D eigenvalue weighted by Gasteiger charge is 2.20. The number of piperidine rings is 1. The quantitative estimate of drug-likeness (QED) is 0.468. The van der Waals surface area contributed by atoms with Crippen molar-refractivity contribution in [3.8, 4) is 11.1 Å². The van der Waals surface area contributed by atoms with Gasteiger partial charge in [0.25, 0.3) is 0 Å². The number of pyridine rings is 2. The van der Waals surface area contributed by atoms with Crippen molar-refractivity contribution in [1.82, 2.24) is 29.7 Å². The summed E-state index contributed by atoms with van der Waals surface area (Å²) < 4.78 is 3.96. The van der Waals surface area contributed by atoms with Gasteiger partial charge in [0.05, 0.1) is 24.1 Å². The van der Waals surface area contributed by atoms with E-state index in [1.54, 1.807) is 18.5 Å². The van der Waals surface area contributed by atoms with Crippen molar-refractivity contribution in [1.29, 1.82) is 0 Å². The number of nitrogens with two attached hydrogens (primary N) is 1. The van der Waals surface area contributed by atoms with Crippen LogP contribution in [0.15, 0.2) is 57.6 Å². The first-order valence-corrected chi connectivity index (χ1v) is 10.8. The molecule has 1 saturated heterocycles. The SMILES string of the molecule is Cc1c(-c2cc(Sc3cc[nH]c(=O)c3)c3c(N)cnn3c2)cnn1C1CCNCC1. The van der Waals surface area contributed by atoms with Crippen molar-refractivity contribution >= 4 is 23.0 Å². The third kappa shape index (κ3) is 3.40. The van der Waals surface area contributed by atoms with Gasteiger partial charge < -0.3 is 16.0 Å². The number of aromatic nitrogens is 5. The van der Waals surface area contributed by atoms with Gasteiger partial charge in [-0.2, -0.15) is 10.2 Å². The number of rotatable bonds is 4. The van der Waals surface area contributed by atoms with Crippen LogP contribution in [-0.4, -0.2) is 37.5 Å². The molecule has 0 aromatic carbocycles. The van der Waals surface area contributed by atoms with Crippen LogP contribution in [0.2, 0.25) is 0 Å². The van der Waals surface area contributed by atoms with Gasteiger partial charge in [-0.1, -0.05) is 11.8 Å². The van der Waals surface area contributed by atoms with E-state index in [2.05, 4.69) is 33.1 Å². The predicted molar refractivity (Wildman–Crippen MR) is 118 cm³/mol. The topological polar surface area (TPSA) is 106 Å². The standard InChI is InChI=1S/C21H23N7OS/c1-13-17(10-26-28(13)15-2-5-23-6-3-15)14-8-19(21-18(22)11-25-27(21)12-14)30-16-4-7-24-20(29)9-16/h4,7-12,15,23H,2-3,5-6,22H2,1H3,(H,24,29). The molecule has 0 aliphatic carbocycles. The third-order valence-corrected chi connectivity index (χ3v) is 6.61. The molecule has 5 heterocycles. The summed E-state index contributed by atoms with van der Waals surface area (Å²) in [4.78, 5) is 16.2. The number of nitrogen functional groups attached to an aromatic ring is 1. The minimum Gasteiger partial charge on any atom is -0.396 e. The number of nitrogens with zero attached hydrogens (tertiary/aromatic N) is 4. The molecule has 0 radical (unpaired) electrons. The van der Waals surface area contributed by atoms with Gasteiger partial charge in [-0.25, -0.2) is 4.52 Å². The van der Waals surface area contributed by atoms with Gasteiger partial charge in [0.1, 0.15) is 5.52 Å². The van der Waals surface area contributed by atoms with Gasteiger partial charge in [-0.05, 0) is 45.0 Å². The molecule has 1 aliphatic heterocycles. The molecule has 5 rings (SSSR count). The molecule has 4 aromatic rings. The fraction of sp³-hybridized carbons (Fsp3) is 0.286. The van der Waals surface area contributed by atoms with Gasteiger partial charge in [0.2, 0.25) is 5.56 Å². The Bertz CT molecular complexity index is 1270. The minimum atomic E-state index is -0.132. The second-order valence-corrected chi connectivity index (χ2v) is 8.66. The lowest BCUT2D eigenvalue weighted by Gasteiger charge is -2.24. The average Bonchev–Trinajstić information content (AvgIpc) is 3.31. The third-order valence-electron chi connectivity index (χ3n) is 5.59. The predicted octanol–water partition coefficient (Wildman–Crippen LogP) is 2.85. The number of aromatic amines is 1. The second-order valence-electron chi connectivity index (χ2n) is 7.55. The summed E-state index contributed by atoms with van der Waals surface area (Å²) in [6.07, 6.45) is 9.41. The zero-order valence-corrected chi connectivity index (χ0v) is 17.4. The normalized spacial score (nSPS) is 15.1. The summed E-state index contributed by atoms with van der Waals surface area (Å²) >= 11 is 1.50. The van der Waals surface area contributed by atoms with Gasteiger partial charge in [-0.3, -0.25) is 9.48 Å². The first-order valence-electron chi connectivity index (χ1n) is 9.99. The van der Waals surface area contributed by atoms with Crippen molar-refractivity contribution in [2.75, 3.05) is 18.8 Å². The van der Waals surface area contributed by atoms with Crippen LogP contribution in [0.3, 0.4) is 0 Å². The molecule has 0 saturated carbocycles. The molecule has 8 nitrogen and oxygen atoms in total. The zero-order valence-electron chi connectivity index (χ0n) is 16.6. The molecule has 154 valence electrons. The Labute approximate surface area is 177 Å². The Kier molecular flexibility index (Phi) is 4.84. The van der Waals surface area contributed by atoms with Gasteiger partial charge >= 0.3 is 0 Å². The maximum absolute atomic E-state index is 11.7.